The monoisotopic (exact) mass is 655 g/mol. The quantitative estimate of drug-likeness (QED) is 0.163. The molecule has 2 amide bonds. The van der Waals surface area contributed by atoms with Gasteiger partial charge in [-0.05, 0) is 49.4 Å². The molecule has 0 saturated heterocycles. The molecule has 1 atom stereocenters. The second-order valence-electron chi connectivity index (χ2n) is 11.9. The van der Waals surface area contributed by atoms with Gasteiger partial charge in [-0.2, -0.15) is 15.0 Å². The molecule has 2 aromatic carbocycles. The molecule has 252 valence electrons. The minimum atomic E-state index is -0.638. The van der Waals surface area contributed by atoms with Gasteiger partial charge in [0.1, 0.15) is 35.1 Å². The lowest BCUT2D eigenvalue weighted by molar-refractivity contribution is -0.132. The second kappa shape index (κ2) is 15.9. The van der Waals surface area contributed by atoms with Crippen LogP contribution >= 0.6 is 0 Å². The standard InChI is InChI=1S/C20H27NO5.C16H14N4O2/c1-4-6-7-14(5-2)12-21(3)19(23)13-25-15-8-9-16-17(22)11-20(24)26-18(16)10-15;1-10-5-3-4-6-12(10)9-19-14(21)7-15(22)20-16(19)13(8-17)11(2)18-20/h8-11,14,22H,4-7,12-13H2,1-3H3;3-6H,7,9H2,1-2H3. The molecule has 12 nitrogen and oxygen atoms in total. The molecular weight excluding hydrogens is 614 g/mol. The maximum absolute atomic E-state index is 12.3. The first-order chi connectivity index (χ1) is 23.0. The van der Waals surface area contributed by atoms with Crippen LogP contribution in [0.15, 0.2) is 57.7 Å². The number of aryl methyl sites for hydroxylation is 2. The molecule has 0 spiro atoms. The first-order valence-electron chi connectivity index (χ1n) is 16.0. The lowest BCUT2D eigenvalue weighted by Crippen LogP contribution is -2.40. The van der Waals surface area contributed by atoms with Gasteiger partial charge in [0.25, 0.3) is 11.8 Å². The van der Waals surface area contributed by atoms with E-state index in [0.717, 1.165) is 43.0 Å². The van der Waals surface area contributed by atoms with E-state index in [1.807, 2.05) is 37.3 Å². The number of fused-ring (bicyclic) bond motifs is 2. The summed E-state index contributed by atoms with van der Waals surface area (Å²) in [4.78, 5) is 51.1. The maximum Gasteiger partial charge on any atom is 0.339 e. The zero-order valence-electron chi connectivity index (χ0n) is 28.0. The average molecular weight is 656 g/mol. The number of unbranched alkanes of at least 4 members (excludes halogenated alkanes) is 1. The highest BCUT2D eigenvalue weighted by molar-refractivity contribution is 6.10. The number of carbonyl (C=O) groups is 3. The van der Waals surface area contributed by atoms with E-state index in [-0.39, 0.29) is 47.6 Å². The van der Waals surface area contributed by atoms with E-state index in [1.54, 1.807) is 31.0 Å². The number of ether oxygens (including phenoxy) is 1. The van der Waals surface area contributed by atoms with Gasteiger partial charge in [0.15, 0.2) is 12.4 Å². The molecule has 12 heteroatoms. The Morgan fingerprint density at radius 1 is 1.12 bits per heavy atom. The molecule has 1 unspecified atom stereocenters. The van der Waals surface area contributed by atoms with Gasteiger partial charge in [-0.15, -0.1) is 0 Å². The number of amides is 2. The fourth-order valence-corrected chi connectivity index (χ4v) is 5.49. The van der Waals surface area contributed by atoms with Crippen molar-refractivity contribution in [3.8, 4) is 17.6 Å². The molecule has 3 heterocycles. The van der Waals surface area contributed by atoms with E-state index >= 15 is 0 Å². The molecule has 48 heavy (non-hydrogen) atoms. The highest BCUT2D eigenvalue weighted by Crippen LogP contribution is 2.30. The normalized spacial score (nSPS) is 13.0. The van der Waals surface area contributed by atoms with Crippen LogP contribution in [0.2, 0.25) is 0 Å². The van der Waals surface area contributed by atoms with Crippen LogP contribution in [-0.2, 0) is 16.1 Å². The fraction of sp³-hybridized carbons (Fsp3) is 0.389. The zero-order valence-corrected chi connectivity index (χ0v) is 28.0. The van der Waals surface area contributed by atoms with Gasteiger partial charge in [-0.1, -0.05) is 57.4 Å². The van der Waals surface area contributed by atoms with Crippen molar-refractivity contribution in [3.63, 3.8) is 0 Å². The topological polar surface area (TPSA) is 159 Å². The summed E-state index contributed by atoms with van der Waals surface area (Å²) in [7, 11) is 1.79. The van der Waals surface area contributed by atoms with Gasteiger partial charge in [-0.3, -0.25) is 19.3 Å². The Morgan fingerprint density at radius 2 is 1.88 bits per heavy atom. The van der Waals surface area contributed by atoms with Crippen molar-refractivity contribution >= 4 is 34.5 Å². The van der Waals surface area contributed by atoms with Crippen molar-refractivity contribution < 1.29 is 28.6 Å². The summed E-state index contributed by atoms with van der Waals surface area (Å²) in [6.07, 6.45) is 4.27. The van der Waals surface area contributed by atoms with Crippen molar-refractivity contribution in [1.82, 2.24) is 14.7 Å². The van der Waals surface area contributed by atoms with Crippen molar-refractivity contribution in [2.24, 2.45) is 5.92 Å². The highest BCUT2D eigenvalue weighted by Gasteiger charge is 2.35. The maximum atomic E-state index is 12.3. The third-order valence-electron chi connectivity index (χ3n) is 8.39. The number of carbonyl (C=O) groups excluding carboxylic acids is 3. The number of nitrogens with zero attached hydrogens (tertiary/aromatic N) is 5. The zero-order chi connectivity index (χ0) is 35.0. The van der Waals surface area contributed by atoms with Gasteiger partial charge in [-0.25, -0.2) is 4.79 Å². The Balaban J connectivity index is 0.000000219. The molecule has 0 fully saturated rings. The summed E-state index contributed by atoms with van der Waals surface area (Å²) in [5, 5.41) is 23.6. The number of aromatic hydroxyl groups is 1. The van der Waals surface area contributed by atoms with Crippen LogP contribution < -0.4 is 15.3 Å². The van der Waals surface area contributed by atoms with Gasteiger partial charge >= 0.3 is 5.63 Å². The van der Waals surface area contributed by atoms with Crippen LogP contribution in [0.25, 0.3) is 11.0 Å². The van der Waals surface area contributed by atoms with E-state index in [2.05, 4.69) is 18.9 Å². The van der Waals surface area contributed by atoms with Gasteiger partial charge in [0.05, 0.1) is 23.7 Å². The fourth-order valence-electron chi connectivity index (χ4n) is 5.49. The third kappa shape index (κ3) is 8.28. The van der Waals surface area contributed by atoms with E-state index in [9.17, 15) is 29.5 Å². The number of likely N-dealkylation sites (N-methyl/N-ethyl adjacent to an activating group) is 1. The van der Waals surface area contributed by atoms with Crippen LogP contribution in [0.1, 0.15) is 73.1 Å². The summed E-state index contributed by atoms with van der Waals surface area (Å²) in [5.74, 6) is 0.244. The van der Waals surface area contributed by atoms with Crippen molar-refractivity contribution in [2.45, 2.75) is 66.3 Å². The number of anilines is 1. The molecule has 1 aliphatic rings. The van der Waals surface area contributed by atoms with Crippen molar-refractivity contribution in [3.05, 3.63) is 81.3 Å². The molecule has 1 N–H and O–H groups in total. The summed E-state index contributed by atoms with van der Waals surface area (Å²) in [6.45, 7) is 8.89. The van der Waals surface area contributed by atoms with Crippen LogP contribution in [0.3, 0.4) is 0 Å². The Labute approximate surface area is 279 Å². The molecule has 2 aromatic heterocycles. The second-order valence-corrected chi connectivity index (χ2v) is 11.9. The van der Waals surface area contributed by atoms with Gasteiger partial charge in [0, 0.05) is 19.7 Å². The van der Waals surface area contributed by atoms with Crippen LogP contribution in [0, 0.1) is 31.1 Å². The predicted octanol–water partition coefficient (Wildman–Crippen LogP) is 5.50. The van der Waals surface area contributed by atoms with Gasteiger partial charge < -0.3 is 19.2 Å². The minimum absolute atomic E-state index is 0.0880. The lowest BCUT2D eigenvalue weighted by Gasteiger charge is -2.27. The van der Waals surface area contributed by atoms with Gasteiger partial charge in [0.2, 0.25) is 5.91 Å². The molecule has 0 bridgehead atoms. The third-order valence-corrected chi connectivity index (χ3v) is 8.39. The molecule has 0 saturated carbocycles. The first-order valence-corrected chi connectivity index (χ1v) is 16.0. The van der Waals surface area contributed by atoms with Crippen LogP contribution in [0.5, 0.6) is 11.5 Å². The minimum Gasteiger partial charge on any atom is -0.507 e. The highest BCUT2D eigenvalue weighted by atomic mass is 16.5. The molecule has 0 radical (unpaired) electrons. The number of nitriles is 1. The Bertz CT molecular complexity index is 1900. The van der Waals surface area contributed by atoms with E-state index in [4.69, 9.17) is 9.15 Å². The van der Waals surface area contributed by atoms with E-state index in [1.165, 1.54) is 22.1 Å². The SMILES string of the molecule is CCCCC(CC)CN(C)C(=O)COc1ccc2c(O)cc(=O)oc2c1.Cc1ccccc1CN1C(=O)CC(=O)n2nc(C)c(C#N)c21. The summed E-state index contributed by atoms with van der Waals surface area (Å²) in [6, 6.07) is 15.5. The molecule has 5 rings (SSSR count). The number of hydrogen-bond donors (Lipinski definition) is 1. The molecular formula is C36H41N5O7. The first kappa shape index (κ1) is 35.4. The Kier molecular flexibility index (Phi) is 11.7. The number of rotatable bonds is 11. The molecule has 1 aliphatic heterocycles. The molecule has 4 aromatic rings. The molecule has 0 aliphatic carbocycles. The smallest absolute Gasteiger partial charge is 0.339 e. The van der Waals surface area contributed by atoms with Crippen molar-refractivity contribution in [2.75, 3.05) is 25.1 Å². The van der Waals surface area contributed by atoms with Crippen molar-refractivity contribution in [1.29, 1.82) is 5.26 Å². The predicted molar refractivity (Wildman–Crippen MR) is 180 cm³/mol. The number of hydrogen-bond acceptors (Lipinski definition) is 9. The largest absolute Gasteiger partial charge is 0.507 e. The number of aromatic nitrogens is 2. The van der Waals surface area contributed by atoms with Crippen LogP contribution in [0.4, 0.5) is 5.82 Å². The lowest BCUT2D eigenvalue weighted by atomic mass is 9.99. The van der Waals surface area contributed by atoms with Crippen LogP contribution in [-0.4, -0.2) is 57.7 Å². The summed E-state index contributed by atoms with van der Waals surface area (Å²) in [5.41, 5.74) is 2.33. The Morgan fingerprint density at radius 3 is 2.56 bits per heavy atom. The summed E-state index contributed by atoms with van der Waals surface area (Å²) >= 11 is 0. The summed E-state index contributed by atoms with van der Waals surface area (Å²) < 4.78 is 11.8. The average Bonchev–Trinajstić information content (AvgIpc) is 3.40. The van der Waals surface area contributed by atoms with E-state index in [0.29, 0.717) is 29.3 Å². The number of benzene rings is 2. The Hall–Kier alpha value is -5.44. The van der Waals surface area contributed by atoms with E-state index < -0.39 is 11.5 Å².